The van der Waals surface area contributed by atoms with Gasteiger partial charge in [0, 0.05) is 20.6 Å². The number of amides is 1. The topological polar surface area (TPSA) is 59.0 Å². The number of benzene rings is 1. The molecule has 2 rings (SSSR count). The number of carbonyl (C=O) groups excluding carboxylic acids is 1. The van der Waals surface area contributed by atoms with Gasteiger partial charge in [0.25, 0.3) is 0 Å². The molecule has 0 aliphatic rings. The molecule has 1 aromatic heterocycles. The summed E-state index contributed by atoms with van der Waals surface area (Å²) in [5, 5.41) is 6.00. The van der Waals surface area contributed by atoms with E-state index < -0.39 is 5.41 Å². The van der Waals surface area contributed by atoms with Crippen LogP contribution >= 0.6 is 0 Å². The summed E-state index contributed by atoms with van der Waals surface area (Å²) in [5.41, 5.74) is 1.69. The first-order valence-electron chi connectivity index (χ1n) is 6.79. The molecule has 0 saturated heterocycles. The van der Waals surface area contributed by atoms with Crippen LogP contribution in [0.15, 0.2) is 24.3 Å². The third kappa shape index (κ3) is 2.82. The molecule has 1 heterocycles. The fourth-order valence-electron chi connectivity index (χ4n) is 2.26. The van der Waals surface area contributed by atoms with Crippen LogP contribution in [-0.2, 0) is 18.4 Å². The van der Waals surface area contributed by atoms with Gasteiger partial charge in [-0.15, -0.1) is 0 Å². The Hall–Kier alpha value is -1.88. The Kier molecular flexibility index (Phi) is 4.09. The minimum Gasteiger partial charge on any atom is -0.359 e. The number of nitrogens with one attached hydrogen (secondary N) is 2. The van der Waals surface area contributed by atoms with Crippen LogP contribution in [0.3, 0.4) is 0 Å². The van der Waals surface area contributed by atoms with Gasteiger partial charge in [0.05, 0.1) is 23.0 Å². The van der Waals surface area contributed by atoms with Gasteiger partial charge in [0.1, 0.15) is 5.82 Å². The van der Waals surface area contributed by atoms with Gasteiger partial charge in [0.15, 0.2) is 0 Å². The molecule has 1 amide bonds. The zero-order valence-electron chi connectivity index (χ0n) is 12.5. The van der Waals surface area contributed by atoms with E-state index in [1.807, 2.05) is 39.1 Å². The molecule has 0 atom stereocenters. The summed E-state index contributed by atoms with van der Waals surface area (Å²) in [5.74, 6) is 1.01. The second-order valence-corrected chi connectivity index (χ2v) is 5.64. The van der Waals surface area contributed by atoms with Crippen molar-refractivity contribution in [1.29, 1.82) is 0 Å². The summed E-state index contributed by atoms with van der Waals surface area (Å²) in [7, 11) is 3.67. The van der Waals surface area contributed by atoms with Gasteiger partial charge in [-0.05, 0) is 26.0 Å². The second kappa shape index (κ2) is 5.63. The van der Waals surface area contributed by atoms with Crippen molar-refractivity contribution in [3.63, 3.8) is 0 Å². The zero-order chi connectivity index (χ0) is 14.8. The highest BCUT2D eigenvalue weighted by Crippen LogP contribution is 2.16. The van der Waals surface area contributed by atoms with Crippen molar-refractivity contribution in [2.75, 3.05) is 13.6 Å². The molecule has 0 saturated carbocycles. The van der Waals surface area contributed by atoms with Crippen LogP contribution in [0.5, 0.6) is 0 Å². The number of rotatable bonds is 5. The second-order valence-electron chi connectivity index (χ2n) is 5.64. The number of hydrogen-bond donors (Lipinski definition) is 2. The summed E-state index contributed by atoms with van der Waals surface area (Å²) in [6.45, 7) is 5.10. The minimum absolute atomic E-state index is 0.0370. The molecule has 0 spiro atoms. The molecule has 108 valence electrons. The molecule has 0 radical (unpaired) electrons. The fourth-order valence-corrected chi connectivity index (χ4v) is 2.26. The van der Waals surface area contributed by atoms with Crippen molar-refractivity contribution >= 4 is 16.9 Å². The molecule has 2 aromatic rings. The third-order valence-electron chi connectivity index (χ3n) is 3.57. The maximum absolute atomic E-state index is 11.7. The number of imidazole rings is 1. The van der Waals surface area contributed by atoms with E-state index in [2.05, 4.69) is 26.3 Å². The third-order valence-corrected chi connectivity index (χ3v) is 3.57. The molecular formula is C15H22N4O. The number of para-hydroxylation sites is 2. The van der Waals surface area contributed by atoms with Crippen LogP contribution in [0.4, 0.5) is 0 Å². The van der Waals surface area contributed by atoms with E-state index in [0.717, 1.165) is 16.9 Å². The summed E-state index contributed by atoms with van der Waals surface area (Å²) in [4.78, 5) is 16.3. The van der Waals surface area contributed by atoms with E-state index in [9.17, 15) is 4.79 Å². The lowest BCUT2D eigenvalue weighted by Crippen LogP contribution is -2.42. The van der Waals surface area contributed by atoms with E-state index in [-0.39, 0.29) is 5.91 Å². The number of nitrogens with zero attached hydrogens (tertiary/aromatic N) is 2. The average Bonchev–Trinajstić information content (AvgIpc) is 2.75. The summed E-state index contributed by atoms with van der Waals surface area (Å²) in [6, 6.07) is 8.06. The van der Waals surface area contributed by atoms with Crippen LogP contribution in [0.1, 0.15) is 19.7 Å². The highest BCUT2D eigenvalue weighted by atomic mass is 16.2. The van der Waals surface area contributed by atoms with Gasteiger partial charge in [-0.3, -0.25) is 4.79 Å². The van der Waals surface area contributed by atoms with Crippen molar-refractivity contribution in [3.8, 4) is 0 Å². The summed E-state index contributed by atoms with van der Waals surface area (Å²) < 4.78 is 2.08. The molecule has 0 aliphatic carbocycles. The van der Waals surface area contributed by atoms with E-state index in [1.165, 1.54) is 0 Å². The lowest BCUT2D eigenvalue weighted by molar-refractivity contribution is -0.128. The highest BCUT2D eigenvalue weighted by molar-refractivity contribution is 5.81. The molecule has 5 nitrogen and oxygen atoms in total. The van der Waals surface area contributed by atoms with Crippen molar-refractivity contribution < 1.29 is 4.79 Å². The van der Waals surface area contributed by atoms with Gasteiger partial charge < -0.3 is 15.2 Å². The molecule has 0 aliphatic heterocycles. The van der Waals surface area contributed by atoms with E-state index in [1.54, 1.807) is 7.05 Å². The van der Waals surface area contributed by atoms with Crippen LogP contribution < -0.4 is 10.6 Å². The lowest BCUT2D eigenvalue weighted by atomic mass is 9.92. The van der Waals surface area contributed by atoms with Crippen molar-refractivity contribution in [3.05, 3.63) is 30.1 Å². The Labute approximate surface area is 119 Å². The predicted molar refractivity (Wildman–Crippen MR) is 80.3 cm³/mol. The average molecular weight is 274 g/mol. The number of aryl methyl sites for hydroxylation is 1. The molecular weight excluding hydrogens is 252 g/mol. The first-order chi connectivity index (χ1) is 9.45. The van der Waals surface area contributed by atoms with E-state index in [4.69, 9.17) is 0 Å². The maximum atomic E-state index is 11.7. The van der Waals surface area contributed by atoms with Gasteiger partial charge >= 0.3 is 0 Å². The molecule has 20 heavy (non-hydrogen) atoms. The van der Waals surface area contributed by atoms with Crippen molar-refractivity contribution in [2.45, 2.75) is 20.4 Å². The normalized spacial score (nSPS) is 11.8. The molecule has 0 bridgehead atoms. The Morgan fingerprint density at radius 1 is 1.35 bits per heavy atom. The number of fused-ring (bicyclic) bond motifs is 1. The smallest absolute Gasteiger partial charge is 0.226 e. The molecule has 0 fully saturated rings. The van der Waals surface area contributed by atoms with Crippen LogP contribution in [-0.4, -0.2) is 29.1 Å². The largest absolute Gasteiger partial charge is 0.359 e. The Morgan fingerprint density at radius 3 is 2.70 bits per heavy atom. The van der Waals surface area contributed by atoms with Crippen molar-refractivity contribution in [2.24, 2.45) is 12.5 Å². The standard InChI is InChI=1S/C15H22N4O/c1-15(2,14(20)16-3)10-17-9-13-18-11-7-5-6-8-12(11)19(13)4/h5-8,17H,9-10H2,1-4H3,(H,16,20). The molecule has 2 N–H and O–H groups in total. The minimum atomic E-state index is -0.431. The lowest BCUT2D eigenvalue weighted by Gasteiger charge is -2.22. The van der Waals surface area contributed by atoms with Gasteiger partial charge in [-0.1, -0.05) is 12.1 Å². The Bertz CT molecular complexity index is 615. The quantitative estimate of drug-likeness (QED) is 0.867. The van der Waals surface area contributed by atoms with E-state index in [0.29, 0.717) is 13.1 Å². The first kappa shape index (κ1) is 14.5. The highest BCUT2D eigenvalue weighted by Gasteiger charge is 2.26. The van der Waals surface area contributed by atoms with Gasteiger partial charge in [0.2, 0.25) is 5.91 Å². The van der Waals surface area contributed by atoms with E-state index >= 15 is 0 Å². The Balaban J connectivity index is 2.03. The summed E-state index contributed by atoms with van der Waals surface area (Å²) >= 11 is 0. The zero-order valence-corrected chi connectivity index (χ0v) is 12.5. The number of aromatic nitrogens is 2. The van der Waals surface area contributed by atoms with Crippen LogP contribution in [0.25, 0.3) is 11.0 Å². The van der Waals surface area contributed by atoms with Gasteiger partial charge in [-0.25, -0.2) is 4.98 Å². The monoisotopic (exact) mass is 274 g/mol. The Morgan fingerprint density at radius 2 is 2.05 bits per heavy atom. The molecule has 5 heteroatoms. The van der Waals surface area contributed by atoms with Crippen molar-refractivity contribution in [1.82, 2.24) is 20.2 Å². The predicted octanol–water partition coefficient (Wildman–Crippen LogP) is 1.44. The number of carbonyl (C=O) groups is 1. The summed E-state index contributed by atoms with van der Waals surface area (Å²) in [6.07, 6.45) is 0. The van der Waals surface area contributed by atoms with Crippen LogP contribution in [0, 0.1) is 5.41 Å². The SMILES string of the molecule is CNC(=O)C(C)(C)CNCc1nc2ccccc2n1C. The van der Waals surface area contributed by atoms with Gasteiger partial charge in [-0.2, -0.15) is 0 Å². The number of hydrogen-bond acceptors (Lipinski definition) is 3. The molecule has 1 aromatic carbocycles. The maximum Gasteiger partial charge on any atom is 0.226 e. The fraction of sp³-hybridized carbons (Fsp3) is 0.467. The molecule has 0 unspecified atom stereocenters. The first-order valence-corrected chi connectivity index (χ1v) is 6.79. The van der Waals surface area contributed by atoms with Crippen LogP contribution in [0.2, 0.25) is 0 Å².